The van der Waals surface area contributed by atoms with Crippen molar-refractivity contribution in [2.24, 2.45) is 5.41 Å². The minimum absolute atomic E-state index is 0.165. The lowest BCUT2D eigenvalue weighted by atomic mass is 9.80. The van der Waals surface area contributed by atoms with E-state index in [1.807, 2.05) is 0 Å². The van der Waals surface area contributed by atoms with Crippen LogP contribution in [0.2, 0.25) is 0 Å². The van der Waals surface area contributed by atoms with Crippen LogP contribution >= 0.6 is 11.7 Å². The van der Waals surface area contributed by atoms with E-state index in [-0.39, 0.29) is 10.3 Å². The first-order valence-electron chi connectivity index (χ1n) is 7.47. The number of benzene rings is 1. The molecule has 0 aliphatic carbocycles. The van der Waals surface area contributed by atoms with Crippen LogP contribution in [0.25, 0.3) is 11.0 Å². The molecule has 0 saturated carbocycles. The van der Waals surface area contributed by atoms with Crippen molar-refractivity contribution < 1.29 is 13.2 Å². The van der Waals surface area contributed by atoms with Crippen molar-refractivity contribution in [2.45, 2.75) is 17.7 Å². The second-order valence-electron chi connectivity index (χ2n) is 5.90. The Balaban J connectivity index is 1.82. The zero-order valence-corrected chi connectivity index (χ0v) is 14.5. The van der Waals surface area contributed by atoms with Gasteiger partial charge in [0.15, 0.2) is 0 Å². The highest BCUT2D eigenvalue weighted by Gasteiger charge is 2.34. The monoisotopic (exact) mass is 356 g/mol. The molecule has 2 N–H and O–H groups in total. The van der Waals surface area contributed by atoms with E-state index >= 15 is 0 Å². The SMILES string of the molecule is COCC1(CNS(=O)(=O)c2cccc3nsnc23)CCNCC1. The molecule has 0 unspecified atom stereocenters. The number of nitrogens with one attached hydrogen (secondary N) is 2. The fourth-order valence-corrected chi connectivity index (χ4v) is 4.88. The van der Waals surface area contributed by atoms with Gasteiger partial charge in [-0.25, -0.2) is 13.1 Å². The average Bonchev–Trinajstić information content (AvgIpc) is 3.03. The summed E-state index contributed by atoms with van der Waals surface area (Å²) >= 11 is 1.02. The largest absolute Gasteiger partial charge is 0.384 e. The first kappa shape index (κ1) is 16.7. The lowest BCUT2D eigenvalue weighted by Gasteiger charge is -2.37. The standard InChI is InChI=1S/C14H20N4O3S2/c1-21-10-14(5-7-15-8-6-14)9-16-23(19,20)12-4-2-3-11-13(12)18-22-17-11/h2-4,15-16H,5-10H2,1H3. The number of sulfonamides is 1. The number of aromatic nitrogens is 2. The number of ether oxygens (including phenoxy) is 1. The average molecular weight is 356 g/mol. The van der Waals surface area contributed by atoms with E-state index in [9.17, 15) is 8.42 Å². The Morgan fingerprint density at radius 2 is 2.13 bits per heavy atom. The summed E-state index contributed by atoms with van der Waals surface area (Å²) in [6, 6.07) is 5.02. The summed E-state index contributed by atoms with van der Waals surface area (Å²) in [7, 11) is -1.98. The molecule has 0 bridgehead atoms. The third-order valence-corrected chi connectivity index (χ3v) is 6.27. The van der Waals surface area contributed by atoms with E-state index in [0.29, 0.717) is 24.2 Å². The number of methoxy groups -OCH3 is 1. The summed E-state index contributed by atoms with van der Waals surface area (Å²) in [6.07, 6.45) is 1.76. The smallest absolute Gasteiger partial charge is 0.242 e. The highest BCUT2D eigenvalue weighted by molar-refractivity contribution is 7.89. The van der Waals surface area contributed by atoms with Crippen molar-refractivity contribution in [3.8, 4) is 0 Å². The van der Waals surface area contributed by atoms with Crippen LogP contribution in [0.15, 0.2) is 23.1 Å². The van der Waals surface area contributed by atoms with Gasteiger partial charge in [0.2, 0.25) is 10.0 Å². The molecule has 3 rings (SSSR count). The molecule has 2 aromatic rings. The lowest BCUT2D eigenvalue weighted by Crippen LogP contribution is -2.47. The molecule has 1 aliphatic rings. The van der Waals surface area contributed by atoms with Gasteiger partial charge in [0.1, 0.15) is 15.9 Å². The Morgan fingerprint density at radius 1 is 1.35 bits per heavy atom. The molecular formula is C14H20N4O3S2. The third-order valence-electron chi connectivity index (χ3n) is 4.29. The van der Waals surface area contributed by atoms with Gasteiger partial charge in [-0.3, -0.25) is 0 Å². The van der Waals surface area contributed by atoms with Crippen molar-refractivity contribution in [3.63, 3.8) is 0 Å². The Kier molecular flexibility index (Phi) is 4.93. The summed E-state index contributed by atoms with van der Waals surface area (Å²) in [5.41, 5.74) is 0.865. The molecule has 23 heavy (non-hydrogen) atoms. The molecule has 0 amide bonds. The second-order valence-corrected chi connectivity index (χ2v) is 8.16. The summed E-state index contributed by atoms with van der Waals surface area (Å²) in [4.78, 5) is 0.185. The molecule has 1 aromatic heterocycles. The van der Waals surface area contributed by atoms with Gasteiger partial charge in [-0.05, 0) is 38.1 Å². The Morgan fingerprint density at radius 3 is 2.87 bits per heavy atom. The molecule has 0 radical (unpaired) electrons. The van der Waals surface area contributed by atoms with Crippen LogP contribution in [-0.4, -0.2) is 50.5 Å². The summed E-state index contributed by atoms with van der Waals surface area (Å²) in [5, 5.41) is 3.30. The fourth-order valence-electron chi connectivity index (χ4n) is 2.96. The zero-order chi connectivity index (χ0) is 16.3. The third kappa shape index (κ3) is 3.53. The van der Waals surface area contributed by atoms with Crippen LogP contribution in [0, 0.1) is 5.41 Å². The lowest BCUT2D eigenvalue weighted by molar-refractivity contribution is 0.0577. The van der Waals surface area contributed by atoms with Gasteiger partial charge >= 0.3 is 0 Å². The maximum Gasteiger partial charge on any atom is 0.242 e. The van der Waals surface area contributed by atoms with Gasteiger partial charge in [0.25, 0.3) is 0 Å². The fraction of sp³-hybridized carbons (Fsp3) is 0.571. The van der Waals surface area contributed by atoms with E-state index in [1.165, 1.54) is 0 Å². The van der Waals surface area contributed by atoms with Crippen LogP contribution in [0.5, 0.6) is 0 Å². The summed E-state index contributed by atoms with van der Waals surface area (Å²) in [5.74, 6) is 0. The number of rotatable bonds is 6. The molecule has 1 saturated heterocycles. The maximum absolute atomic E-state index is 12.7. The van der Waals surface area contributed by atoms with Crippen LogP contribution in [0.4, 0.5) is 0 Å². The zero-order valence-electron chi connectivity index (χ0n) is 12.9. The highest BCUT2D eigenvalue weighted by Crippen LogP contribution is 2.29. The van der Waals surface area contributed by atoms with Crippen molar-refractivity contribution in [1.82, 2.24) is 18.8 Å². The Hall–Kier alpha value is -1.13. The first-order valence-corrected chi connectivity index (χ1v) is 9.68. The van der Waals surface area contributed by atoms with E-state index in [0.717, 1.165) is 37.7 Å². The van der Waals surface area contributed by atoms with Crippen LogP contribution in [0.3, 0.4) is 0 Å². The number of fused-ring (bicyclic) bond motifs is 1. The van der Waals surface area contributed by atoms with E-state index in [2.05, 4.69) is 18.8 Å². The van der Waals surface area contributed by atoms with Crippen molar-refractivity contribution in [3.05, 3.63) is 18.2 Å². The summed E-state index contributed by atoms with van der Waals surface area (Å²) < 4.78 is 41.7. The molecule has 2 heterocycles. The predicted molar refractivity (Wildman–Crippen MR) is 89.0 cm³/mol. The second kappa shape index (κ2) is 6.78. The van der Waals surface area contributed by atoms with Gasteiger partial charge in [0, 0.05) is 19.1 Å². The molecular weight excluding hydrogens is 336 g/mol. The molecule has 1 fully saturated rings. The molecule has 1 aromatic carbocycles. The van der Waals surface area contributed by atoms with Gasteiger partial charge in [-0.15, -0.1) is 0 Å². The molecule has 0 atom stereocenters. The quantitative estimate of drug-likeness (QED) is 0.802. The van der Waals surface area contributed by atoms with Gasteiger partial charge in [-0.1, -0.05) is 6.07 Å². The molecule has 7 nitrogen and oxygen atoms in total. The number of nitrogens with zero attached hydrogens (tertiary/aromatic N) is 2. The van der Waals surface area contributed by atoms with Gasteiger partial charge in [-0.2, -0.15) is 8.75 Å². The van der Waals surface area contributed by atoms with Crippen LogP contribution in [-0.2, 0) is 14.8 Å². The Bertz CT molecular complexity index is 764. The van der Waals surface area contributed by atoms with Gasteiger partial charge < -0.3 is 10.1 Å². The van der Waals surface area contributed by atoms with Crippen molar-refractivity contribution in [1.29, 1.82) is 0 Å². The molecule has 9 heteroatoms. The van der Waals surface area contributed by atoms with Crippen molar-refractivity contribution in [2.75, 3.05) is 33.4 Å². The molecule has 0 spiro atoms. The van der Waals surface area contributed by atoms with Crippen LogP contribution in [0.1, 0.15) is 12.8 Å². The van der Waals surface area contributed by atoms with E-state index in [1.54, 1.807) is 25.3 Å². The van der Waals surface area contributed by atoms with Crippen LogP contribution < -0.4 is 10.0 Å². The topological polar surface area (TPSA) is 93.2 Å². The predicted octanol–water partition coefficient (Wildman–Crippen LogP) is 0.986. The number of hydrogen-bond acceptors (Lipinski definition) is 7. The number of piperidine rings is 1. The normalized spacial score (nSPS) is 18.3. The first-order chi connectivity index (χ1) is 11.1. The summed E-state index contributed by atoms with van der Waals surface area (Å²) in [6.45, 7) is 2.64. The van der Waals surface area contributed by atoms with E-state index < -0.39 is 10.0 Å². The Labute approximate surface area is 139 Å². The number of hydrogen-bond donors (Lipinski definition) is 2. The molecule has 1 aliphatic heterocycles. The molecule has 126 valence electrons. The van der Waals surface area contributed by atoms with Gasteiger partial charge in [0.05, 0.1) is 18.3 Å². The maximum atomic E-state index is 12.7. The minimum Gasteiger partial charge on any atom is -0.384 e. The highest BCUT2D eigenvalue weighted by atomic mass is 32.2. The van der Waals surface area contributed by atoms with Crippen molar-refractivity contribution >= 4 is 32.8 Å². The minimum atomic E-state index is -3.63. The van der Waals surface area contributed by atoms with E-state index in [4.69, 9.17) is 4.74 Å².